The molecule has 3 heteroatoms. The van der Waals surface area contributed by atoms with Gasteiger partial charge in [-0.15, -0.1) is 0 Å². The quantitative estimate of drug-likeness (QED) is 0.895. The number of hydrogen-bond donors (Lipinski definition) is 1. The molecular formula is C16H20N2O. The number of benzene rings is 1. The Bertz CT molecular complexity index is 586. The Morgan fingerprint density at radius 2 is 1.89 bits per heavy atom. The van der Waals surface area contributed by atoms with Gasteiger partial charge in [0.05, 0.1) is 11.2 Å². The van der Waals surface area contributed by atoms with Crippen LogP contribution in [-0.2, 0) is 6.54 Å². The van der Waals surface area contributed by atoms with Crippen LogP contribution in [0, 0.1) is 0 Å². The second-order valence-electron chi connectivity index (χ2n) is 5.59. The summed E-state index contributed by atoms with van der Waals surface area (Å²) in [5.74, 6) is 0.310. The van der Waals surface area contributed by atoms with Gasteiger partial charge in [-0.1, -0.05) is 18.2 Å². The molecule has 2 unspecified atom stereocenters. The third-order valence-corrected chi connectivity index (χ3v) is 4.25. The first kappa shape index (κ1) is 12.4. The Balaban J connectivity index is 1.94. The maximum atomic E-state index is 10.2. The van der Waals surface area contributed by atoms with Gasteiger partial charge in [-0.05, 0) is 38.8 Å². The third kappa shape index (κ3) is 2.30. The van der Waals surface area contributed by atoms with Crippen molar-refractivity contribution in [2.45, 2.75) is 45.3 Å². The van der Waals surface area contributed by atoms with Crippen molar-refractivity contribution in [1.82, 2.24) is 9.88 Å². The Labute approximate surface area is 113 Å². The van der Waals surface area contributed by atoms with Crippen molar-refractivity contribution in [3.63, 3.8) is 0 Å². The molecule has 1 aliphatic heterocycles. The highest BCUT2D eigenvalue weighted by molar-refractivity contribution is 5.80. The van der Waals surface area contributed by atoms with Crippen molar-refractivity contribution in [2.75, 3.05) is 0 Å². The maximum Gasteiger partial charge on any atom is 0.139 e. The van der Waals surface area contributed by atoms with Crippen molar-refractivity contribution in [3.05, 3.63) is 36.0 Å². The molecule has 2 aromatic rings. The van der Waals surface area contributed by atoms with Crippen molar-refractivity contribution < 1.29 is 5.11 Å². The lowest BCUT2D eigenvalue weighted by Crippen LogP contribution is -2.32. The summed E-state index contributed by atoms with van der Waals surface area (Å²) in [7, 11) is 0. The van der Waals surface area contributed by atoms with E-state index in [2.05, 4.69) is 23.7 Å². The number of pyridine rings is 1. The highest BCUT2D eigenvalue weighted by Crippen LogP contribution is 2.29. The summed E-state index contributed by atoms with van der Waals surface area (Å²) in [6.45, 7) is 5.24. The molecule has 0 saturated carbocycles. The monoisotopic (exact) mass is 256 g/mol. The van der Waals surface area contributed by atoms with Gasteiger partial charge in [-0.3, -0.25) is 4.90 Å². The zero-order valence-corrected chi connectivity index (χ0v) is 11.5. The topological polar surface area (TPSA) is 36.4 Å². The summed E-state index contributed by atoms with van der Waals surface area (Å²) in [4.78, 5) is 7.04. The molecule has 0 amide bonds. The van der Waals surface area contributed by atoms with Crippen LogP contribution in [0.2, 0.25) is 0 Å². The predicted molar refractivity (Wildman–Crippen MR) is 77.1 cm³/mol. The summed E-state index contributed by atoms with van der Waals surface area (Å²) >= 11 is 0. The van der Waals surface area contributed by atoms with E-state index in [1.54, 1.807) is 0 Å². The Hall–Kier alpha value is -1.61. The molecule has 1 N–H and O–H groups in total. The van der Waals surface area contributed by atoms with Crippen LogP contribution in [0.1, 0.15) is 32.4 Å². The van der Waals surface area contributed by atoms with Crippen LogP contribution >= 0.6 is 0 Å². The number of hydrogen-bond acceptors (Lipinski definition) is 3. The number of nitrogens with zero attached hydrogens (tertiary/aromatic N) is 2. The molecule has 3 rings (SSSR count). The molecule has 1 aliphatic rings. The smallest absolute Gasteiger partial charge is 0.139 e. The molecule has 19 heavy (non-hydrogen) atoms. The lowest BCUT2D eigenvalue weighted by Gasteiger charge is -2.25. The van der Waals surface area contributed by atoms with E-state index in [1.165, 1.54) is 12.8 Å². The number of fused-ring (bicyclic) bond motifs is 1. The molecule has 0 aliphatic carbocycles. The van der Waals surface area contributed by atoms with Crippen LogP contribution in [0.3, 0.4) is 0 Å². The minimum absolute atomic E-state index is 0.310. The Morgan fingerprint density at radius 3 is 2.63 bits per heavy atom. The minimum Gasteiger partial charge on any atom is -0.506 e. The lowest BCUT2D eigenvalue weighted by atomic mass is 10.1. The van der Waals surface area contributed by atoms with Crippen LogP contribution in [0.15, 0.2) is 30.3 Å². The third-order valence-electron chi connectivity index (χ3n) is 4.25. The van der Waals surface area contributed by atoms with E-state index >= 15 is 0 Å². The summed E-state index contributed by atoms with van der Waals surface area (Å²) in [6, 6.07) is 10.9. The molecule has 3 nitrogen and oxygen atoms in total. The zero-order valence-electron chi connectivity index (χ0n) is 11.5. The average molecular weight is 256 g/mol. The summed E-state index contributed by atoms with van der Waals surface area (Å²) in [5.41, 5.74) is 1.74. The van der Waals surface area contributed by atoms with Crippen LogP contribution in [0.5, 0.6) is 5.75 Å². The molecular weight excluding hydrogens is 236 g/mol. The van der Waals surface area contributed by atoms with E-state index < -0.39 is 0 Å². The van der Waals surface area contributed by atoms with Gasteiger partial charge in [0.2, 0.25) is 0 Å². The summed E-state index contributed by atoms with van der Waals surface area (Å²) in [5, 5.41) is 11.1. The molecule has 0 radical (unpaired) electrons. The van der Waals surface area contributed by atoms with Crippen molar-refractivity contribution in [1.29, 1.82) is 0 Å². The minimum atomic E-state index is 0.310. The summed E-state index contributed by atoms with van der Waals surface area (Å²) < 4.78 is 0. The summed E-state index contributed by atoms with van der Waals surface area (Å²) in [6.07, 6.45) is 2.46. The average Bonchev–Trinajstić information content (AvgIpc) is 2.71. The van der Waals surface area contributed by atoms with Gasteiger partial charge >= 0.3 is 0 Å². The van der Waals surface area contributed by atoms with Crippen LogP contribution < -0.4 is 0 Å². The van der Waals surface area contributed by atoms with Gasteiger partial charge in [-0.25, -0.2) is 4.98 Å². The van der Waals surface area contributed by atoms with E-state index in [0.29, 0.717) is 17.8 Å². The first-order valence-electron chi connectivity index (χ1n) is 6.98. The fraction of sp³-hybridized carbons (Fsp3) is 0.438. The molecule has 2 heterocycles. The molecule has 1 aromatic carbocycles. The van der Waals surface area contributed by atoms with Gasteiger partial charge in [0.1, 0.15) is 5.75 Å². The van der Waals surface area contributed by atoms with Gasteiger partial charge in [0.15, 0.2) is 0 Å². The molecule has 1 aromatic heterocycles. The lowest BCUT2D eigenvalue weighted by molar-refractivity contribution is 0.200. The van der Waals surface area contributed by atoms with Gasteiger partial charge < -0.3 is 5.11 Å². The Kier molecular flexibility index (Phi) is 3.15. The molecule has 100 valence electrons. The molecule has 1 saturated heterocycles. The molecule has 2 atom stereocenters. The van der Waals surface area contributed by atoms with Crippen LogP contribution in [0.4, 0.5) is 0 Å². The van der Waals surface area contributed by atoms with Crippen molar-refractivity contribution in [2.24, 2.45) is 0 Å². The normalized spacial score (nSPS) is 24.1. The number of para-hydroxylation sites is 1. The van der Waals surface area contributed by atoms with E-state index in [0.717, 1.165) is 23.1 Å². The Morgan fingerprint density at radius 1 is 1.21 bits per heavy atom. The standard InChI is InChI=1S/C16H20N2O/c1-11-7-8-12(2)18(11)10-15-16(19)9-13-5-3-4-6-14(13)17-15/h3-6,9,11-12,19H,7-8,10H2,1-2H3. The fourth-order valence-corrected chi connectivity index (χ4v) is 2.99. The second kappa shape index (κ2) is 4.82. The highest BCUT2D eigenvalue weighted by atomic mass is 16.3. The second-order valence-corrected chi connectivity index (χ2v) is 5.59. The van der Waals surface area contributed by atoms with Gasteiger partial charge in [0, 0.05) is 24.0 Å². The van der Waals surface area contributed by atoms with E-state index in [-0.39, 0.29) is 0 Å². The van der Waals surface area contributed by atoms with Crippen molar-refractivity contribution in [3.8, 4) is 5.75 Å². The van der Waals surface area contributed by atoms with E-state index in [9.17, 15) is 5.11 Å². The first-order valence-corrected chi connectivity index (χ1v) is 6.98. The number of aromatic hydroxyl groups is 1. The number of likely N-dealkylation sites (tertiary alicyclic amines) is 1. The SMILES string of the molecule is CC1CCC(C)N1Cc1nc2ccccc2cc1O. The largest absolute Gasteiger partial charge is 0.506 e. The van der Waals surface area contributed by atoms with Gasteiger partial charge in [0.25, 0.3) is 0 Å². The molecule has 0 spiro atoms. The van der Waals surface area contributed by atoms with E-state index in [4.69, 9.17) is 0 Å². The number of rotatable bonds is 2. The van der Waals surface area contributed by atoms with Crippen LogP contribution in [0.25, 0.3) is 10.9 Å². The zero-order chi connectivity index (χ0) is 13.4. The van der Waals surface area contributed by atoms with Gasteiger partial charge in [-0.2, -0.15) is 0 Å². The molecule has 0 bridgehead atoms. The van der Waals surface area contributed by atoms with Crippen LogP contribution in [-0.4, -0.2) is 27.1 Å². The van der Waals surface area contributed by atoms with E-state index in [1.807, 2.05) is 30.3 Å². The highest BCUT2D eigenvalue weighted by Gasteiger charge is 2.28. The first-order chi connectivity index (χ1) is 9.15. The number of aromatic nitrogens is 1. The maximum absolute atomic E-state index is 10.2. The molecule has 1 fully saturated rings. The fourth-order valence-electron chi connectivity index (χ4n) is 2.99. The predicted octanol–water partition coefficient (Wildman–Crippen LogP) is 3.31. The van der Waals surface area contributed by atoms with Crippen molar-refractivity contribution >= 4 is 10.9 Å².